The largest absolute Gasteiger partial charge is 0.493 e. The summed E-state index contributed by atoms with van der Waals surface area (Å²) in [6, 6.07) is 11.8. The van der Waals surface area contributed by atoms with E-state index in [2.05, 4.69) is 26.1 Å². The van der Waals surface area contributed by atoms with Crippen LogP contribution in [0, 0.1) is 0 Å². The Morgan fingerprint density at radius 2 is 1.92 bits per heavy atom. The zero-order valence-electron chi connectivity index (χ0n) is 13.5. The van der Waals surface area contributed by atoms with Crippen molar-refractivity contribution in [3.63, 3.8) is 0 Å². The highest BCUT2D eigenvalue weighted by molar-refractivity contribution is 9.10. The molecule has 0 radical (unpaired) electrons. The van der Waals surface area contributed by atoms with Gasteiger partial charge in [0.2, 0.25) is 0 Å². The van der Waals surface area contributed by atoms with Crippen molar-refractivity contribution in [2.24, 2.45) is 0 Å². The molecule has 0 bridgehead atoms. The molecule has 0 aliphatic rings. The predicted molar refractivity (Wildman–Crippen MR) is 96.6 cm³/mol. The lowest BCUT2D eigenvalue weighted by Crippen LogP contribution is -2.05. The zero-order chi connectivity index (χ0) is 16.9. The Morgan fingerprint density at radius 1 is 1.04 bits per heavy atom. The first-order valence-electron chi connectivity index (χ1n) is 7.44. The van der Waals surface area contributed by atoms with Crippen LogP contribution in [-0.2, 0) is 4.74 Å². The maximum atomic E-state index is 5.78. The maximum Gasteiger partial charge on any atom is 0.162 e. The molecule has 2 aromatic carbocycles. The number of benzene rings is 2. The van der Waals surface area contributed by atoms with Crippen molar-refractivity contribution in [1.29, 1.82) is 0 Å². The van der Waals surface area contributed by atoms with Gasteiger partial charge in [-0.2, -0.15) is 10.2 Å². The van der Waals surface area contributed by atoms with Crippen LogP contribution in [0.4, 0.5) is 0 Å². The van der Waals surface area contributed by atoms with E-state index in [1.54, 1.807) is 20.4 Å². The summed E-state index contributed by atoms with van der Waals surface area (Å²) in [4.78, 5) is 0. The molecule has 1 heterocycles. The second-order valence-electron chi connectivity index (χ2n) is 5.13. The van der Waals surface area contributed by atoms with Gasteiger partial charge in [0, 0.05) is 28.6 Å². The highest BCUT2D eigenvalue weighted by atomic mass is 79.9. The first kappa shape index (κ1) is 16.7. The molecule has 0 aliphatic carbocycles. The van der Waals surface area contributed by atoms with E-state index in [1.807, 2.05) is 36.4 Å². The van der Waals surface area contributed by atoms with Gasteiger partial charge in [-0.25, -0.2) is 0 Å². The number of aromatic nitrogens is 2. The topological polar surface area (TPSA) is 53.5 Å². The first-order valence-corrected chi connectivity index (χ1v) is 8.23. The molecule has 3 rings (SSSR count). The molecule has 0 aliphatic heterocycles. The SMILES string of the molecule is COCCOc1cc2c(-c3cccc(Br)c3)cnnc2cc1OC. The third kappa shape index (κ3) is 3.49. The van der Waals surface area contributed by atoms with Crippen LogP contribution < -0.4 is 9.47 Å². The summed E-state index contributed by atoms with van der Waals surface area (Å²) in [7, 11) is 3.25. The Labute approximate surface area is 148 Å². The molecule has 124 valence electrons. The van der Waals surface area contributed by atoms with Gasteiger partial charge < -0.3 is 14.2 Å². The predicted octanol–water partition coefficient (Wildman–Crippen LogP) is 4.09. The molecule has 0 spiro atoms. The molecule has 0 saturated carbocycles. The quantitative estimate of drug-likeness (QED) is 0.595. The highest BCUT2D eigenvalue weighted by Crippen LogP contribution is 2.36. The maximum absolute atomic E-state index is 5.78. The van der Waals surface area contributed by atoms with E-state index in [4.69, 9.17) is 14.2 Å². The van der Waals surface area contributed by atoms with E-state index < -0.39 is 0 Å². The van der Waals surface area contributed by atoms with E-state index in [0.717, 1.165) is 26.5 Å². The van der Waals surface area contributed by atoms with Crippen molar-refractivity contribution >= 4 is 26.8 Å². The Kier molecular flexibility index (Phi) is 5.27. The monoisotopic (exact) mass is 388 g/mol. The Morgan fingerprint density at radius 3 is 2.67 bits per heavy atom. The lowest BCUT2D eigenvalue weighted by Gasteiger charge is -2.13. The third-order valence-corrected chi connectivity index (χ3v) is 4.10. The number of hydrogen-bond donors (Lipinski definition) is 0. The molecule has 1 aromatic heterocycles. The molecule has 0 atom stereocenters. The van der Waals surface area contributed by atoms with Gasteiger partial charge in [-0.3, -0.25) is 0 Å². The molecule has 24 heavy (non-hydrogen) atoms. The average Bonchev–Trinajstić information content (AvgIpc) is 2.60. The van der Waals surface area contributed by atoms with Gasteiger partial charge in [0.25, 0.3) is 0 Å². The van der Waals surface area contributed by atoms with Crippen LogP contribution in [0.1, 0.15) is 0 Å². The van der Waals surface area contributed by atoms with E-state index >= 15 is 0 Å². The molecule has 5 nitrogen and oxygen atoms in total. The van der Waals surface area contributed by atoms with Crippen LogP contribution in [0.25, 0.3) is 22.0 Å². The number of rotatable bonds is 6. The summed E-state index contributed by atoms with van der Waals surface area (Å²) in [6.07, 6.45) is 1.76. The lowest BCUT2D eigenvalue weighted by atomic mass is 10.0. The Balaban J connectivity index is 2.12. The van der Waals surface area contributed by atoms with Crippen molar-refractivity contribution in [2.75, 3.05) is 27.4 Å². The van der Waals surface area contributed by atoms with E-state index in [9.17, 15) is 0 Å². The summed E-state index contributed by atoms with van der Waals surface area (Å²) < 4.78 is 17.2. The Bertz CT molecular complexity index is 855. The van der Waals surface area contributed by atoms with E-state index in [0.29, 0.717) is 24.7 Å². The molecule has 0 N–H and O–H groups in total. The van der Waals surface area contributed by atoms with Crippen LogP contribution in [0.15, 0.2) is 47.1 Å². The fourth-order valence-corrected chi connectivity index (χ4v) is 2.86. The summed E-state index contributed by atoms with van der Waals surface area (Å²) >= 11 is 3.51. The molecule has 6 heteroatoms. The summed E-state index contributed by atoms with van der Waals surface area (Å²) in [6.45, 7) is 0.956. The molecular weight excluding hydrogens is 372 g/mol. The standard InChI is InChI=1S/C18H17BrN2O3/c1-22-6-7-24-18-9-14-15(12-4-3-5-13(19)8-12)11-20-21-16(14)10-17(18)23-2/h3-5,8-11H,6-7H2,1-2H3. The second kappa shape index (κ2) is 7.59. The van der Waals surface area contributed by atoms with Crippen molar-refractivity contribution < 1.29 is 14.2 Å². The Hall–Kier alpha value is -2.18. The van der Waals surface area contributed by atoms with Crippen molar-refractivity contribution in [3.8, 4) is 22.6 Å². The summed E-state index contributed by atoms with van der Waals surface area (Å²) in [5, 5.41) is 9.29. The minimum absolute atomic E-state index is 0.448. The highest BCUT2D eigenvalue weighted by Gasteiger charge is 2.12. The smallest absolute Gasteiger partial charge is 0.162 e. The minimum atomic E-state index is 0.448. The third-order valence-electron chi connectivity index (χ3n) is 3.61. The normalized spacial score (nSPS) is 10.8. The van der Waals surface area contributed by atoms with Gasteiger partial charge in [-0.1, -0.05) is 28.1 Å². The second-order valence-corrected chi connectivity index (χ2v) is 6.05. The van der Waals surface area contributed by atoms with Gasteiger partial charge in [0.05, 0.1) is 25.4 Å². The van der Waals surface area contributed by atoms with Gasteiger partial charge in [0.15, 0.2) is 11.5 Å². The molecule has 0 saturated heterocycles. The number of hydrogen-bond acceptors (Lipinski definition) is 5. The molecular formula is C18H17BrN2O3. The van der Waals surface area contributed by atoms with Crippen LogP contribution in [0.5, 0.6) is 11.5 Å². The van der Waals surface area contributed by atoms with E-state index in [1.165, 1.54) is 0 Å². The number of nitrogens with zero attached hydrogens (tertiary/aromatic N) is 2. The molecule has 0 amide bonds. The molecule has 3 aromatic rings. The van der Waals surface area contributed by atoms with Crippen LogP contribution in [-0.4, -0.2) is 37.6 Å². The first-order chi connectivity index (χ1) is 11.7. The number of fused-ring (bicyclic) bond motifs is 1. The summed E-state index contributed by atoms with van der Waals surface area (Å²) in [5.41, 5.74) is 2.79. The van der Waals surface area contributed by atoms with Crippen LogP contribution in [0.2, 0.25) is 0 Å². The van der Waals surface area contributed by atoms with Crippen LogP contribution >= 0.6 is 15.9 Å². The van der Waals surface area contributed by atoms with Crippen molar-refractivity contribution in [3.05, 3.63) is 47.1 Å². The van der Waals surface area contributed by atoms with Crippen LogP contribution in [0.3, 0.4) is 0 Å². The number of halogens is 1. The van der Waals surface area contributed by atoms with Crippen molar-refractivity contribution in [1.82, 2.24) is 10.2 Å². The van der Waals surface area contributed by atoms with Gasteiger partial charge in [-0.05, 0) is 23.8 Å². The van der Waals surface area contributed by atoms with Gasteiger partial charge >= 0.3 is 0 Å². The molecule has 0 unspecified atom stereocenters. The van der Waals surface area contributed by atoms with E-state index in [-0.39, 0.29) is 0 Å². The van der Waals surface area contributed by atoms with Gasteiger partial charge in [-0.15, -0.1) is 0 Å². The lowest BCUT2D eigenvalue weighted by molar-refractivity contribution is 0.144. The average molecular weight is 389 g/mol. The summed E-state index contributed by atoms with van der Waals surface area (Å²) in [5.74, 6) is 1.28. The zero-order valence-corrected chi connectivity index (χ0v) is 15.0. The van der Waals surface area contributed by atoms with Gasteiger partial charge in [0.1, 0.15) is 6.61 Å². The van der Waals surface area contributed by atoms with Crippen molar-refractivity contribution in [2.45, 2.75) is 0 Å². The fourth-order valence-electron chi connectivity index (χ4n) is 2.46. The fraction of sp³-hybridized carbons (Fsp3) is 0.222. The number of ether oxygens (including phenoxy) is 3. The number of methoxy groups -OCH3 is 2. The molecule has 0 fully saturated rings. The minimum Gasteiger partial charge on any atom is -0.493 e.